The number of hydrogen-bond donors (Lipinski definition) is 1. The summed E-state index contributed by atoms with van der Waals surface area (Å²) in [4.78, 5) is 8.56. The molecule has 2 aliphatic heterocycles. The van der Waals surface area contributed by atoms with Crippen LogP contribution in [0.4, 0.5) is 4.39 Å². The van der Waals surface area contributed by atoms with Crippen LogP contribution in [-0.4, -0.2) is 61.8 Å². The summed E-state index contributed by atoms with van der Waals surface area (Å²) in [6.07, 6.45) is 7.91. The number of H-pyrrole nitrogens is 1. The number of likely N-dealkylation sites (N-methyl/N-ethyl adjacent to an activating group) is 1. The highest BCUT2D eigenvalue weighted by Gasteiger charge is 2.44. The van der Waals surface area contributed by atoms with Crippen LogP contribution in [0.3, 0.4) is 0 Å². The molecule has 0 amide bonds. The molecule has 2 aliphatic rings. The number of nitrogens with zero attached hydrogens (tertiary/aromatic N) is 5. The number of fused-ring (bicyclic) bond motifs is 2. The van der Waals surface area contributed by atoms with Crippen molar-refractivity contribution in [1.82, 2.24) is 29.5 Å². The monoisotopic (exact) mass is 430 g/mol. The lowest BCUT2D eigenvalue weighted by atomic mass is 9.98. The van der Waals surface area contributed by atoms with Gasteiger partial charge in [0.15, 0.2) is 0 Å². The van der Waals surface area contributed by atoms with Crippen molar-refractivity contribution in [3.8, 4) is 5.69 Å². The van der Waals surface area contributed by atoms with Gasteiger partial charge in [-0.25, -0.2) is 4.39 Å². The minimum Gasteiger partial charge on any atom is -0.361 e. The van der Waals surface area contributed by atoms with E-state index in [0.29, 0.717) is 18.0 Å². The lowest BCUT2D eigenvalue weighted by Crippen LogP contribution is -2.37. The highest BCUT2D eigenvalue weighted by molar-refractivity contribution is 5.85. The molecule has 7 heteroatoms. The quantitative estimate of drug-likeness (QED) is 0.525. The summed E-state index contributed by atoms with van der Waals surface area (Å²) >= 11 is 0. The maximum Gasteiger partial charge on any atom is 0.123 e. The average Bonchev–Trinajstić information content (AvgIpc) is 3.57. The Balaban J connectivity index is 1.15. The number of aromatic nitrogens is 4. The first-order valence-electron chi connectivity index (χ1n) is 11.3. The van der Waals surface area contributed by atoms with Gasteiger partial charge in [-0.2, -0.15) is 0 Å². The molecule has 2 saturated heterocycles. The second-order valence-electron chi connectivity index (χ2n) is 9.32. The third-order valence-electron chi connectivity index (χ3n) is 7.40. The average molecular weight is 431 g/mol. The molecular formula is C25H27FN6. The van der Waals surface area contributed by atoms with E-state index in [0.717, 1.165) is 31.7 Å². The highest BCUT2D eigenvalue weighted by Crippen LogP contribution is 2.37. The molecule has 0 bridgehead atoms. The fourth-order valence-electron chi connectivity index (χ4n) is 5.71. The predicted molar refractivity (Wildman–Crippen MR) is 122 cm³/mol. The molecule has 0 saturated carbocycles. The summed E-state index contributed by atoms with van der Waals surface area (Å²) in [6, 6.07) is 14.5. The Hall–Kier alpha value is -3.03. The second kappa shape index (κ2) is 7.83. The van der Waals surface area contributed by atoms with Crippen molar-refractivity contribution in [2.45, 2.75) is 31.5 Å². The van der Waals surface area contributed by atoms with Gasteiger partial charge in [-0.3, -0.25) is 14.4 Å². The standard InChI is InChI=1S/C25H27FN6/c1-30-22(9-19-13-31(14-25(19)30)12-17-2-4-20(26)5-3-17)8-18-11-27-24-7-6-21(10-23(18)24)32-15-28-29-16-32/h2-7,10-11,15-16,19,22,25,27H,8-9,12-14H2,1H3. The molecule has 3 unspecified atom stereocenters. The van der Waals surface area contributed by atoms with Gasteiger partial charge in [0.2, 0.25) is 0 Å². The Kier molecular flexibility index (Phi) is 4.81. The third kappa shape index (κ3) is 3.51. The fraction of sp³-hybridized carbons (Fsp3) is 0.360. The predicted octanol–water partition coefficient (Wildman–Crippen LogP) is 3.63. The zero-order valence-corrected chi connectivity index (χ0v) is 18.2. The van der Waals surface area contributed by atoms with Gasteiger partial charge in [-0.1, -0.05) is 12.1 Å². The summed E-state index contributed by atoms with van der Waals surface area (Å²) in [5.41, 5.74) is 4.81. The van der Waals surface area contributed by atoms with Crippen LogP contribution in [0.1, 0.15) is 17.5 Å². The minimum atomic E-state index is -0.166. The molecule has 32 heavy (non-hydrogen) atoms. The molecule has 164 valence electrons. The zero-order chi connectivity index (χ0) is 21.7. The van der Waals surface area contributed by atoms with Crippen LogP contribution >= 0.6 is 0 Å². The molecule has 4 aromatic rings. The van der Waals surface area contributed by atoms with Gasteiger partial charge in [-0.15, -0.1) is 10.2 Å². The maximum absolute atomic E-state index is 13.2. The van der Waals surface area contributed by atoms with Crippen LogP contribution in [0.5, 0.6) is 0 Å². The molecule has 0 spiro atoms. The Morgan fingerprint density at radius 2 is 1.88 bits per heavy atom. The van der Waals surface area contributed by atoms with Crippen molar-refractivity contribution in [3.63, 3.8) is 0 Å². The van der Waals surface area contributed by atoms with E-state index in [1.54, 1.807) is 24.8 Å². The second-order valence-corrected chi connectivity index (χ2v) is 9.32. The number of nitrogens with one attached hydrogen (secondary N) is 1. The molecule has 4 heterocycles. The first-order valence-corrected chi connectivity index (χ1v) is 11.3. The number of halogens is 1. The topological polar surface area (TPSA) is 53.0 Å². The van der Waals surface area contributed by atoms with Crippen LogP contribution in [0, 0.1) is 11.7 Å². The van der Waals surface area contributed by atoms with Crippen LogP contribution in [-0.2, 0) is 13.0 Å². The third-order valence-corrected chi connectivity index (χ3v) is 7.40. The van der Waals surface area contributed by atoms with E-state index >= 15 is 0 Å². The van der Waals surface area contributed by atoms with E-state index in [2.05, 4.69) is 56.4 Å². The van der Waals surface area contributed by atoms with E-state index in [4.69, 9.17) is 0 Å². The van der Waals surface area contributed by atoms with Crippen molar-refractivity contribution < 1.29 is 4.39 Å². The van der Waals surface area contributed by atoms with Crippen LogP contribution < -0.4 is 0 Å². The van der Waals surface area contributed by atoms with Crippen LogP contribution in [0.15, 0.2) is 61.3 Å². The molecule has 2 aromatic heterocycles. The van der Waals surface area contributed by atoms with E-state index < -0.39 is 0 Å². The number of hydrogen-bond acceptors (Lipinski definition) is 4. The van der Waals surface area contributed by atoms with Crippen molar-refractivity contribution in [3.05, 3.63) is 78.3 Å². The maximum atomic E-state index is 13.2. The number of rotatable bonds is 5. The molecule has 2 fully saturated rings. The summed E-state index contributed by atoms with van der Waals surface area (Å²) in [7, 11) is 2.29. The van der Waals surface area contributed by atoms with Crippen molar-refractivity contribution in [1.29, 1.82) is 0 Å². The van der Waals surface area contributed by atoms with E-state index in [1.807, 2.05) is 16.7 Å². The lowest BCUT2D eigenvalue weighted by molar-refractivity contribution is 0.207. The van der Waals surface area contributed by atoms with Crippen molar-refractivity contribution in [2.24, 2.45) is 5.92 Å². The smallest absolute Gasteiger partial charge is 0.123 e. The van der Waals surface area contributed by atoms with Crippen molar-refractivity contribution in [2.75, 3.05) is 20.1 Å². The number of benzene rings is 2. The van der Waals surface area contributed by atoms with Gasteiger partial charge in [-0.05, 0) is 67.3 Å². The minimum absolute atomic E-state index is 0.166. The summed E-state index contributed by atoms with van der Waals surface area (Å²) < 4.78 is 15.1. The van der Waals surface area contributed by atoms with E-state index in [1.165, 1.54) is 28.5 Å². The summed E-state index contributed by atoms with van der Waals surface area (Å²) in [6.45, 7) is 3.11. The van der Waals surface area contributed by atoms with Gasteiger partial charge < -0.3 is 4.98 Å². The Labute approximate surface area is 186 Å². The Morgan fingerprint density at radius 1 is 1.06 bits per heavy atom. The SMILES string of the molecule is CN1C(Cc2c[nH]c3ccc(-n4cnnc4)cc23)CC2CN(Cc3ccc(F)cc3)CC21. The molecular weight excluding hydrogens is 403 g/mol. The van der Waals surface area contributed by atoms with Gasteiger partial charge in [0.05, 0.1) is 0 Å². The molecule has 6 nitrogen and oxygen atoms in total. The first-order chi connectivity index (χ1) is 15.6. The van der Waals surface area contributed by atoms with Gasteiger partial charge in [0.1, 0.15) is 18.5 Å². The molecule has 0 radical (unpaired) electrons. The molecule has 1 N–H and O–H groups in total. The van der Waals surface area contributed by atoms with Crippen molar-refractivity contribution >= 4 is 10.9 Å². The number of aromatic amines is 1. The van der Waals surface area contributed by atoms with E-state index in [-0.39, 0.29) is 5.82 Å². The highest BCUT2D eigenvalue weighted by atomic mass is 19.1. The van der Waals surface area contributed by atoms with Gasteiger partial charge >= 0.3 is 0 Å². The van der Waals surface area contributed by atoms with Crippen LogP contribution in [0.2, 0.25) is 0 Å². The van der Waals surface area contributed by atoms with Crippen LogP contribution in [0.25, 0.3) is 16.6 Å². The van der Waals surface area contributed by atoms with Gasteiger partial charge in [0.25, 0.3) is 0 Å². The summed E-state index contributed by atoms with van der Waals surface area (Å²) in [5.74, 6) is 0.531. The normalized spacial score (nSPS) is 23.9. The number of likely N-dealkylation sites (tertiary alicyclic amines) is 2. The molecule has 3 atom stereocenters. The Morgan fingerprint density at radius 3 is 2.66 bits per heavy atom. The van der Waals surface area contributed by atoms with Gasteiger partial charge in [0, 0.05) is 54.5 Å². The fourth-order valence-corrected chi connectivity index (χ4v) is 5.71. The molecule has 2 aromatic carbocycles. The largest absolute Gasteiger partial charge is 0.361 e. The molecule has 6 rings (SSSR count). The lowest BCUT2D eigenvalue weighted by Gasteiger charge is -2.27. The summed E-state index contributed by atoms with van der Waals surface area (Å²) in [5, 5.41) is 9.13. The zero-order valence-electron chi connectivity index (χ0n) is 18.2. The Bertz CT molecular complexity index is 1220. The molecule has 0 aliphatic carbocycles. The first kappa shape index (κ1) is 19.6. The van der Waals surface area contributed by atoms with E-state index in [9.17, 15) is 4.39 Å².